The summed E-state index contributed by atoms with van der Waals surface area (Å²) in [6.07, 6.45) is -10.1. The van der Waals surface area contributed by atoms with Crippen LogP contribution in [-0.4, -0.2) is 24.2 Å². The number of hydrogen-bond donors (Lipinski definition) is 3. The second-order valence-corrected chi connectivity index (χ2v) is 7.11. The number of nitrogens with two attached hydrogens (primary N) is 1. The first kappa shape index (κ1) is 22.4. The Labute approximate surface area is 172 Å². The highest BCUT2D eigenvalue weighted by molar-refractivity contribution is 5.95. The van der Waals surface area contributed by atoms with E-state index < -0.39 is 47.4 Å². The first-order chi connectivity index (χ1) is 14.4. The maximum Gasteiger partial charge on any atom is 0.417 e. The number of anilines is 2. The highest BCUT2D eigenvalue weighted by atomic mass is 19.4. The third-order valence-electron chi connectivity index (χ3n) is 5.02. The number of rotatable bonds is 3. The Bertz CT molecular complexity index is 1010. The number of alkyl halides is 6. The summed E-state index contributed by atoms with van der Waals surface area (Å²) in [7, 11) is 0. The number of carbonyl (C=O) groups is 1. The molecule has 1 unspecified atom stereocenters. The Kier molecular flexibility index (Phi) is 5.87. The standard InChI is InChI=1S/C20H16F6N4O/c21-19(22,23)15-7-10(1-2-11(15)9-27)14-8-16(30-17(14)20(24,25)26)18(31)29-13-5-3-12(28)4-6-13/h1-7,14,16-17,30H,8,28H2,(H,29,31)/t14?,16-,17+/m0/s1. The minimum Gasteiger partial charge on any atom is -0.399 e. The van der Waals surface area contributed by atoms with Crippen molar-refractivity contribution in [1.82, 2.24) is 5.32 Å². The van der Waals surface area contributed by atoms with Crippen LogP contribution in [0.2, 0.25) is 0 Å². The minimum atomic E-state index is -4.91. The van der Waals surface area contributed by atoms with Crippen molar-refractivity contribution in [3.63, 3.8) is 0 Å². The number of hydrogen-bond acceptors (Lipinski definition) is 4. The fraction of sp³-hybridized carbons (Fsp3) is 0.300. The molecule has 5 nitrogen and oxygen atoms in total. The molecule has 1 saturated heterocycles. The molecular weight excluding hydrogens is 426 g/mol. The number of halogens is 6. The van der Waals surface area contributed by atoms with Crippen LogP contribution in [0.25, 0.3) is 0 Å². The zero-order chi connectivity index (χ0) is 23.0. The highest BCUT2D eigenvalue weighted by Gasteiger charge is 2.52. The number of carbonyl (C=O) groups excluding carboxylic acids is 1. The summed E-state index contributed by atoms with van der Waals surface area (Å²) < 4.78 is 80.5. The molecule has 11 heteroatoms. The molecule has 1 fully saturated rings. The van der Waals surface area contributed by atoms with Gasteiger partial charge in [0.2, 0.25) is 5.91 Å². The van der Waals surface area contributed by atoms with Gasteiger partial charge >= 0.3 is 12.4 Å². The number of benzene rings is 2. The van der Waals surface area contributed by atoms with Gasteiger partial charge in [0.15, 0.2) is 0 Å². The van der Waals surface area contributed by atoms with Crippen LogP contribution in [0.15, 0.2) is 42.5 Å². The molecule has 2 aromatic rings. The van der Waals surface area contributed by atoms with Crippen molar-refractivity contribution < 1.29 is 31.1 Å². The van der Waals surface area contributed by atoms with E-state index in [1.165, 1.54) is 30.3 Å². The van der Waals surface area contributed by atoms with E-state index in [0.29, 0.717) is 17.4 Å². The van der Waals surface area contributed by atoms with E-state index >= 15 is 0 Å². The molecule has 0 bridgehead atoms. The van der Waals surface area contributed by atoms with Gasteiger partial charge in [0.05, 0.1) is 23.2 Å². The first-order valence-corrected chi connectivity index (χ1v) is 9.00. The third kappa shape index (κ3) is 4.91. The van der Waals surface area contributed by atoms with Gasteiger partial charge in [-0.3, -0.25) is 10.1 Å². The largest absolute Gasteiger partial charge is 0.417 e. The van der Waals surface area contributed by atoms with Gasteiger partial charge in [0.25, 0.3) is 0 Å². The fourth-order valence-corrected chi connectivity index (χ4v) is 3.55. The van der Waals surface area contributed by atoms with Gasteiger partial charge in [0.1, 0.15) is 6.04 Å². The Balaban J connectivity index is 1.90. The highest BCUT2D eigenvalue weighted by Crippen LogP contribution is 2.42. The van der Waals surface area contributed by atoms with E-state index in [9.17, 15) is 31.1 Å². The summed E-state index contributed by atoms with van der Waals surface area (Å²) in [6, 6.07) is 6.23. The smallest absolute Gasteiger partial charge is 0.399 e. The van der Waals surface area contributed by atoms with Gasteiger partial charge in [-0.1, -0.05) is 6.07 Å². The molecule has 1 amide bonds. The zero-order valence-corrected chi connectivity index (χ0v) is 15.7. The van der Waals surface area contributed by atoms with E-state index in [1.807, 2.05) is 0 Å². The van der Waals surface area contributed by atoms with E-state index in [-0.39, 0.29) is 12.0 Å². The first-order valence-electron chi connectivity index (χ1n) is 9.00. The Morgan fingerprint density at radius 1 is 1.10 bits per heavy atom. The number of nitrogens with one attached hydrogen (secondary N) is 2. The van der Waals surface area contributed by atoms with Crippen LogP contribution in [0.3, 0.4) is 0 Å². The van der Waals surface area contributed by atoms with E-state index in [0.717, 1.165) is 12.1 Å². The molecule has 2 aromatic carbocycles. The van der Waals surface area contributed by atoms with Crippen LogP contribution >= 0.6 is 0 Å². The normalized spacial score (nSPS) is 21.5. The molecule has 31 heavy (non-hydrogen) atoms. The molecule has 3 atom stereocenters. The molecule has 0 radical (unpaired) electrons. The number of nitrogen functional groups attached to an aromatic ring is 1. The predicted octanol–water partition coefficient (Wildman–Crippen LogP) is 4.17. The van der Waals surface area contributed by atoms with E-state index in [4.69, 9.17) is 11.0 Å². The number of amides is 1. The lowest BCUT2D eigenvalue weighted by Gasteiger charge is -2.23. The lowest BCUT2D eigenvalue weighted by Crippen LogP contribution is -2.46. The van der Waals surface area contributed by atoms with Crippen LogP contribution in [0.5, 0.6) is 0 Å². The molecule has 0 saturated carbocycles. The van der Waals surface area contributed by atoms with Crippen molar-refractivity contribution in [2.75, 3.05) is 11.1 Å². The minimum absolute atomic E-state index is 0.260. The molecule has 0 aliphatic carbocycles. The van der Waals surface area contributed by atoms with Crippen LogP contribution < -0.4 is 16.4 Å². The Hall–Kier alpha value is -3.26. The maximum atomic E-state index is 13.6. The second-order valence-electron chi connectivity index (χ2n) is 7.11. The number of nitriles is 1. The monoisotopic (exact) mass is 442 g/mol. The summed E-state index contributed by atoms with van der Waals surface area (Å²) >= 11 is 0. The summed E-state index contributed by atoms with van der Waals surface area (Å²) in [5.74, 6) is -2.21. The van der Waals surface area contributed by atoms with Gasteiger partial charge in [-0.05, 0) is 48.4 Å². The lowest BCUT2D eigenvalue weighted by atomic mass is 9.88. The van der Waals surface area contributed by atoms with Crippen molar-refractivity contribution in [2.45, 2.75) is 36.8 Å². The quantitative estimate of drug-likeness (QED) is 0.492. The molecule has 1 aliphatic heterocycles. The fourth-order valence-electron chi connectivity index (χ4n) is 3.55. The van der Waals surface area contributed by atoms with Gasteiger partial charge in [-0.2, -0.15) is 31.6 Å². The average molecular weight is 442 g/mol. The molecule has 0 aromatic heterocycles. The maximum absolute atomic E-state index is 13.6. The van der Waals surface area contributed by atoms with E-state index in [2.05, 4.69) is 10.6 Å². The van der Waals surface area contributed by atoms with Crippen molar-refractivity contribution >= 4 is 17.3 Å². The number of nitrogens with zero attached hydrogens (tertiary/aromatic N) is 1. The van der Waals surface area contributed by atoms with Crippen LogP contribution in [-0.2, 0) is 11.0 Å². The topological polar surface area (TPSA) is 90.9 Å². The Morgan fingerprint density at radius 3 is 2.29 bits per heavy atom. The molecule has 1 heterocycles. The van der Waals surface area contributed by atoms with Crippen LogP contribution in [0, 0.1) is 11.3 Å². The molecule has 0 spiro atoms. The van der Waals surface area contributed by atoms with Gasteiger partial charge < -0.3 is 11.1 Å². The summed E-state index contributed by atoms with van der Waals surface area (Å²) in [6.45, 7) is 0. The van der Waals surface area contributed by atoms with Gasteiger partial charge in [-0.15, -0.1) is 0 Å². The molecular formula is C20H16F6N4O. The molecule has 4 N–H and O–H groups in total. The van der Waals surface area contributed by atoms with Crippen molar-refractivity contribution in [3.8, 4) is 6.07 Å². The summed E-state index contributed by atoms with van der Waals surface area (Å²) in [4.78, 5) is 12.5. The average Bonchev–Trinajstić information content (AvgIpc) is 3.15. The van der Waals surface area contributed by atoms with Crippen molar-refractivity contribution in [1.29, 1.82) is 5.26 Å². The summed E-state index contributed by atoms with van der Waals surface area (Å²) in [5, 5.41) is 13.5. The molecule has 3 rings (SSSR count). The van der Waals surface area contributed by atoms with Crippen LogP contribution in [0.1, 0.15) is 29.0 Å². The summed E-state index contributed by atoms with van der Waals surface area (Å²) in [5.41, 5.74) is 4.01. The predicted molar refractivity (Wildman–Crippen MR) is 99.8 cm³/mol. The molecule has 164 valence electrons. The van der Waals surface area contributed by atoms with E-state index in [1.54, 1.807) is 0 Å². The van der Waals surface area contributed by atoms with Crippen molar-refractivity contribution in [2.24, 2.45) is 0 Å². The van der Waals surface area contributed by atoms with Gasteiger partial charge in [-0.25, -0.2) is 0 Å². The third-order valence-corrected chi connectivity index (χ3v) is 5.02. The SMILES string of the molecule is N#Cc1ccc(C2C[C@@H](C(=O)Nc3ccc(N)cc3)N[C@H]2C(F)(F)F)cc1C(F)(F)F. The van der Waals surface area contributed by atoms with Gasteiger partial charge in [0, 0.05) is 17.3 Å². The van der Waals surface area contributed by atoms with Crippen molar-refractivity contribution in [3.05, 3.63) is 59.2 Å². The van der Waals surface area contributed by atoms with Crippen LogP contribution in [0.4, 0.5) is 37.7 Å². The molecule has 1 aliphatic rings. The lowest BCUT2D eigenvalue weighted by molar-refractivity contribution is -0.156. The Morgan fingerprint density at radius 2 is 1.74 bits per heavy atom. The zero-order valence-electron chi connectivity index (χ0n) is 15.7. The second kappa shape index (κ2) is 8.11.